The second kappa shape index (κ2) is 4.23. The van der Waals surface area contributed by atoms with E-state index in [1.165, 1.54) is 0 Å². The van der Waals surface area contributed by atoms with Crippen LogP contribution in [0.25, 0.3) is 10.9 Å². The lowest BCUT2D eigenvalue weighted by molar-refractivity contribution is 1.07. The molecular formula is C13H13Cl2N. The van der Waals surface area contributed by atoms with E-state index < -0.39 is 0 Å². The van der Waals surface area contributed by atoms with E-state index in [0.717, 1.165) is 39.2 Å². The highest BCUT2D eigenvalue weighted by Crippen LogP contribution is 2.34. The number of fused-ring (bicyclic) bond motifs is 1. The van der Waals surface area contributed by atoms with Gasteiger partial charge in [-0.15, -0.1) is 0 Å². The average Bonchev–Trinajstić information content (AvgIpc) is 2.24. The molecule has 0 amide bonds. The van der Waals surface area contributed by atoms with Crippen LogP contribution in [0.3, 0.4) is 0 Å². The fourth-order valence-corrected chi connectivity index (χ4v) is 2.72. The van der Waals surface area contributed by atoms with Gasteiger partial charge < -0.3 is 0 Å². The molecule has 0 saturated carbocycles. The molecule has 0 aliphatic heterocycles. The van der Waals surface area contributed by atoms with E-state index in [-0.39, 0.29) is 0 Å². The van der Waals surface area contributed by atoms with Crippen LogP contribution in [0.15, 0.2) is 12.1 Å². The number of halogens is 2. The van der Waals surface area contributed by atoms with E-state index in [2.05, 4.69) is 11.9 Å². The number of rotatable bonds is 1. The van der Waals surface area contributed by atoms with Gasteiger partial charge >= 0.3 is 0 Å². The van der Waals surface area contributed by atoms with Crippen LogP contribution < -0.4 is 0 Å². The standard InChI is InChI=1S/C13H13Cl2N/c1-4-9-8(3)16-13-10(14)6-5-7(2)11(13)12(9)15/h5-6H,4H2,1-3H3. The molecule has 0 fully saturated rings. The van der Waals surface area contributed by atoms with Gasteiger partial charge in [0, 0.05) is 11.1 Å². The first-order chi connectivity index (χ1) is 7.56. The summed E-state index contributed by atoms with van der Waals surface area (Å²) in [6.07, 6.45) is 0.888. The normalized spacial score (nSPS) is 11.1. The van der Waals surface area contributed by atoms with Crippen molar-refractivity contribution in [3.63, 3.8) is 0 Å². The largest absolute Gasteiger partial charge is 0.251 e. The van der Waals surface area contributed by atoms with E-state index in [4.69, 9.17) is 23.2 Å². The SMILES string of the molecule is CCc1c(C)nc2c(Cl)ccc(C)c2c1Cl. The first-order valence-corrected chi connectivity index (χ1v) is 6.05. The summed E-state index contributed by atoms with van der Waals surface area (Å²) < 4.78 is 0. The fourth-order valence-electron chi connectivity index (χ4n) is 2.01. The highest BCUT2D eigenvalue weighted by Gasteiger charge is 2.13. The lowest BCUT2D eigenvalue weighted by Gasteiger charge is -2.12. The maximum atomic E-state index is 6.43. The zero-order valence-electron chi connectivity index (χ0n) is 9.56. The van der Waals surface area contributed by atoms with Crippen LogP contribution >= 0.6 is 23.2 Å². The summed E-state index contributed by atoms with van der Waals surface area (Å²) in [5.74, 6) is 0. The molecule has 0 spiro atoms. The van der Waals surface area contributed by atoms with Crippen LogP contribution in [-0.2, 0) is 6.42 Å². The molecule has 84 valence electrons. The van der Waals surface area contributed by atoms with Gasteiger partial charge in [0.25, 0.3) is 0 Å². The van der Waals surface area contributed by atoms with Gasteiger partial charge in [-0.3, -0.25) is 4.98 Å². The molecule has 0 saturated heterocycles. The average molecular weight is 254 g/mol. The Balaban J connectivity index is 2.98. The second-order valence-corrected chi connectivity index (χ2v) is 4.72. The minimum atomic E-state index is 0.660. The van der Waals surface area contributed by atoms with Gasteiger partial charge in [0.15, 0.2) is 0 Å². The Hall–Kier alpha value is -0.790. The molecule has 2 rings (SSSR count). The van der Waals surface area contributed by atoms with Gasteiger partial charge in [0.2, 0.25) is 0 Å². The van der Waals surface area contributed by atoms with E-state index in [0.29, 0.717) is 5.02 Å². The smallest absolute Gasteiger partial charge is 0.0909 e. The zero-order valence-corrected chi connectivity index (χ0v) is 11.1. The summed E-state index contributed by atoms with van der Waals surface area (Å²) in [5.41, 5.74) is 4.00. The minimum absolute atomic E-state index is 0.660. The van der Waals surface area contributed by atoms with Crippen LogP contribution in [-0.4, -0.2) is 4.98 Å². The highest BCUT2D eigenvalue weighted by atomic mass is 35.5. The van der Waals surface area contributed by atoms with Gasteiger partial charge in [-0.05, 0) is 37.5 Å². The molecule has 1 aromatic heterocycles. The Labute approximate surface area is 105 Å². The molecule has 1 heterocycles. The van der Waals surface area contributed by atoms with E-state index in [1.54, 1.807) is 0 Å². The summed E-state index contributed by atoms with van der Waals surface area (Å²) in [7, 11) is 0. The molecule has 1 nitrogen and oxygen atoms in total. The van der Waals surface area contributed by atoms with Crippen molar-refractivity contribution in [2.45, 2.75) is 27.2 Å². The molecule has 0 aliphatic carbocycles. The van der Waals surface area contributed by atoms with Crippen molar-refractivity contribution in [3.8, 4) is 0 Å². The third kappa shape index (κ3) is 1.68. The third-order valence-electron chi connectivity index (χ3n) is 2.89. The lowest BCUT2D eigenvalue weighted by Crippen LogP contribution is -1.96. The Morgan fingerprint density at radius 1 is 1.19 bits per heavy atom. The minimum Gasteiger partial charge on any atom is -0.251 e. The van der Waals surface area contributed by atoms with Crippen molar-refractivity contribution in [1.29, 1.82) is 0 Å². The molecule has 2 aromatic rings. The maximum Gasteiger partial charge on any atom is 0.0909 e. The summed E-state index contributed by atoms with van der Waals surface area (Å²) in [4.78, 5) is 4.55. The molecule has 3 heteroatoms. The summed E-state index contributed by atoms with van der Waals surface area (Å²) >= 11 is 12.6. The summed E-state index contributed by atoms with van der Waals surface area (Å²) in [6.45, 7) is 6.09. The van der Waals surface area contributed by atoms with Crippen LogP contribution in [0.2, 0.25) is 10.0 Å². The molecule has 0 radical (unpaired) electrons. The van der Waals surface area contributed by atoms with E-state index in [1.807, 2.05) is 26.0 Å². The van der Waals surface area contributed by atoms with Crippen molar-refractivity contribution in [3.05, 3.63) is 39.0 Å². The second-order valence-electron chi connectivity index (χ2n) is 3.93. The van der Waals surface area contributed by atoms with Gasteiger partial charge in [-0.25, -0.2) is 0 Å². The lowest BCUT2D eigenvalue weighted by atomic mass is 10.0. The first-order valence-electron chi connectivity index (χ1n) is 5.30. The van der Waals surface area contributed by atoms with Crippen LogP contribution in [0.4, 0.5) is 0 Å². The summed E-state index contributed by atoms with van der Waals surface area (Å²) in [5, 5.41) is 2.44. The van der Waals surface area contributed by atoms with Crippen molar-refractivity contribution in [2.75, 3.05) is 0 Å². The number of pyridine rings is 1. The number of nitrogens with zero attached hydrogens (tertiary/aromatic N) is 1. The zero-order chi connectivity index (χ0) is 11.9. The van der Waals surface area contributed by atoms with E-state index >= 15 is 0 Å². The Morgan fingerprint density at radius 2 is 1.88 bits per heavy atom. The Bertz CT molecular complexity index is 562. The molecule has 0 unspecified atom stereocenters. The quantitative estimate of drug-likeness (QED) is 0.717. The van der Waals surface area contributed by atoms with Crippen molar-refractivity contribution in [2.24, 2.45) is 0 Å². The number of aromatic nitrogens is 1. The highest BCUT2D eigenvalue weighted by molar-refractivity contribution is 6.40. The molecule has 0 bridgehead atoms. The van der Waals surface area contributed by atoms with Crippen molar-refractivity contribution >= 4 is 34.1 Å². The third-order valence-corrected chi connectivity index (χ3v) is 3.61. The van der Waals surface area contributed by atoms with Crippen LogP contribution in [0.1, 0.15) is 23.7 Å². The molecule has 0 aliphatic rings. The van der Waals surface area contributed by atoms with Gasteiger partial charge in [0.1, 0.15) is 0 Å². The van der Waals surface area contributed by atoms with Gasteiger partial charge in [-0.1, -0.05) is 36.2 Å². The molecule has 16 heavy (non-hydrogen) atoms. The van der Waals surface area contributed by atoms with Crippen LogP contribution in [0, 0.1) is 13.8 Å². The monoisotopic (exact) mass is 253 g/mol. The molecule has 0 atom stereocenters. The Kier molecular flexibility index (Phi) is 3.09. The molecule has 0 N–H and O–H groups in total. The fraction of sp³-hybridized carbons (Fsp3) is 0.308. The van der Waals surface area contributed by atoms with Crippen molar-refractivity contribution in [1.82, 2.24) is 4.98 Å². The Morgan fingerprint density at radius 3 is 2.50 bits per heavy atom. The number of aryl methyl sites for hydroxylation is 2. The van der Waals surface area contributed by atoms with Crippen LogP contribution in [0.5, 0.6) is 0 Å². The van der Waals surface area contributed by atoms with Crippen molar-refractivity contribution < 1.29 is 0 Å². The number of benzene rings is 1. The maximum absolute atomic E-state index is 6.43. The molecule has 1 aromatic carbocycles. The van der Waals surface area contributed by atoms with Gasteiger partial charge in [-0.2, -0.15) is 0 Å². The number of hydrogen-bond donors (Lipinski definition) is 0. The van der Waals surface area contributed by atoms with Gasteiger partial charge in [0.05, 0.1) is 15.6 Å². The number of hydrogen-bond acceptors (Lipinski definition) is 1. The molecular weight excluding hydrogens is 241 g/mol. The topological polar surface area (TPSA) is 12.9 Å². The summed E-state index contributed by atoms with van der Waals surface area (Å²) in [6, 6.07) is 3.85. The first kappa shape index (κ1) is 11.7. The predicted molar refractivity (Wildman–Crippen MR) is 70.6 cm³/mol. The predicted octanol–water partition coefficient (Wildman–Crippen LogP) is 4.72. The van der Waals surface area contributed by atoms with E-state index in [9.17, 15) is 0 Å².